The number of esters is 1. The highest BCUT2D eigenvalue weighted by Crippen LogP contribution is 2.41. The predicted molar refractivity (Wildman–Crippen MR) is 127 cm³/mol. The Balaban J connectivity index is 1.98. The van der Waals surface area contributed by atoms with Gasteiger partial charge in [0.05, 0.1) is 28.9 Å². The van der Waals surface area contributed by atoms with Crippen molar-refractivity contribution in [1.82, 2.24) is 0 Å². The number of carbonyl (C=O) groups excluding carboxylic acids is 1. The third-order valence-electron chi connectivity index (χ3n) is 5.50. The fourth-order valence-corrected chi connectivity index (χ4v) is 4.24. The van der Waals surface area contributed by atoms with Gasteiger partial charge in [-0.15, -0.1) is 0 Å². The number of aryl methyl sites for hydroxylation is 1. The Bertz CT molecular complexity index is 1040. The lowest BCUT2D eigenvalue weighted by Gasteiger charge is -2.43. The topological polar surface area (TPSA) is 41.9 Å². The van der Waals surface area contributed by atoms with E-state index in [-0.39, 0.29) is 11.5 Å². The molecule has 158 valence electrons. The van der Waals surface area contributed by atoms with Crippen molar-refractivity contribution in [2.75, 3.05) is 18.6 Å². The number of aliphatic imine (C=N–C) groups is 1. The van der Waals surface area contributed by atoms with Gasteiger partial charge >= 0.3 is 5.97 Å². The number of hydrogen-bond acceptors (Lipinski definition) is 4. The molecule has 30 heavy (non-hydrogen) atoms. The van der Waals surface area contributed by atoms with Crippen molar-refractivity contribution in [1.29, 1.82) is 0 Å². The third-order valence-corrected chi connectivity index (χ3v) is 5.83. The summed E-state index contributed by atoms with van der Waals surface area (Å²) in [6, 6.07) is 9.49. The van der Waals surface area contributed by atoms with Crippen molar-refractivity contribution in [3.63, 3.8) is 0 Å². The Kier molecular flexibility index (Phi) is 6.37. The monoisotopic (exact) mass is 424 g/mol. The van der Waals surface area contributed by atoms with Crippen molar-refractivity contribution in [2.45, 2.75) is 46.6 Å². The summed E-state index contributed by atoms with van der Waals surface area (Å²) in [7, 11) is 1.38. The minimum Gasteiger partial charge on any atom is -0.465 e. The van der Waals surface area contributed by atoms with Crippen LogP contribution >= 0.6 is 11.6 Å². The summed E-state index contributed by atoms with van der Waals surface area (Å²) in [5, 5.41) is 0.674. The number of fused-ring (bicyclic) bond motifs is 1. The van der Waals surface area contributed by atoms with Crippen LogP contribution in [0.15, 0.2) is 41.4 Å². The first-order valence-electron chi connectivity index (χ1n) is 10.2. The third kappa shape index (κ3) is 4.29. The maximum Gasteiger partial charge on any atom is 0.337 e. The lowest BCUT2D eigenvalue weighted by atomic mass is 9.88. The number of ether oxygens (including phenoxy) is 1. The molecule has 4 nitrogen and oxygen atoms in total. The molecule has 3 rings (SSSR count). The van der Waals surface area contributed by atoms with E-state index in [1.165, 1.54) is 23.9 Å². The van der Waals surface area contributed by atoms with Crippen molar-refractivity contribution in [2.24, 2.45) is 4.99 Å². The van der Waals surface area contributed by atoms with Crippen molar-refractivity contribution >= 4 is 40.7 Å². The van der Waals surface area contributed by atoms with Crippen molar-refractivity contribution in [3.8, 4) is 0 Å². The first-order chi connectivity index (χ1) is 14.2. The van der Waals surface area contributed by atoms with Crippen molar-refractivity contribution in [3.05, 3.63) is 63.7 Å². The average molecular weight is 425 g/mol. The normalized spacial score (nSPS) is 15.2. The lowest BCUT2D eigenvalue weighted by molar-refractivity contribution is 0.0600. The molecule has 0 saturated heterocycles. The van der Waals surface area contributed by atoms with Crippen LogP contribution < -0.4 is 4.90 Å². The van der Waals surface area contributed by atoms with E-state index in [0.29, 0.717) is 10.6 Å². The maximum absolute atomic E-state index is 11.7. The number of methoxy groups -OCH3 is 1. The van der Waals surface area contributed by atoms with Crippen LogP contribution in [-0.2, 0) is 4.74 Å². The number of rotatable bonds is 5. The average Bonchev–Trinajstić information content (AvgIpc) is 2.69. The number of halogens is 1. The van der Waals surface area contributed by atoms with Crippen LogP contribution in [0.4, 0.5) is 11.4 Å². The summed E-state index contributed by atoms with van der Waals surface area (Å²) < 4.78 is 4.78. The Morgan fingerprint density at radius 3 is 2.60 bits per heavy atom. The number of anilines is 1. The molecule has 0 bridgehead atoms. The molecular formula is C25H29ClN2O2. The van der Waals surface area contributed by atoms with Gasteiger partial charge in [-0.2, -0.15) is 0 Å². The molecule has 0 fully saturated rings. The molecule has 0 unspecified atom stereocenters. The first kappa shape index (κ1) is 22.1. The van der Waals surface area contributed by atoms with Gasteiger partial charge in [0.2, 0.25) is 0 Å². The molecule has 0 saturated carbocycles. The number of allylic oxidation sites excluding steroid dienone is 1. The van der Waals surface area contributed by atoms with Crippen molar-refractivity contribution < 1.29 is 9.53 Å². The Labute approximate surface area is 184 Å². The molecule has 0 N–H and O–H groups in total. The molecule has 0 amide bonds. The highest BCUT2D eigenvalue weighted by molar-refractivity contribution is 6.33. The van der Waals surface area contributed by atoms with Gasteiger partial charge in [0.15, 0.2) is 0 Å². The second kappa shape index (κ2) is 8.65. The van der Waals surface area contributed by atoms with Crippen LogP contribution in [0.1, 0.15) is 61.2 Å². The van der Waals surface area contributed by atoms with E-state index < -0.39 is 0 Å². The molecule has 0 aromatic heterocycles. The van der Waals surface area contributed by atoms with Gasteiger partial charge in [0.1, 0.15) is 0 Å². The van der Waals surface area contributed by atoms with Gasteiger partial charge in [-0.1, -0.05) is 24.6 Å². The Hall–Kier alpha value is -2.59. The number of carbonyl (C=O) groups is 1. The molecule has 1 heterocycles. The lowest BCUT2D eigenvalue weighted by Crippen LogP contribution is -2.45. The molecule has 2 aromatic rings. The summed E-state index contributed by atoms with van der Waals surface area (Å²) in [5.41, 5.74) is 6.62. The predicted octanol–water partition coefficient (Wildman–Crippen LogP) is 6.60. The van der Waals surface area contributed by atoms with Gasteiger partial charge in [-0.3, -0.25) is 4.99 Å². The summed E-state index contributed by atoms with van der Waals surface area (Å²) in [4.78, 5) is 18.7. The van der Waals surface area contributed by atoms with Crippen LogP contribution in [0.2, 0.25) is 5.02 Å². The first-order valence-corrected chi connectivity index (χ1v) is 10.6. The van der Waals surface area contributed by atoms with Crippen LogP contribution in [0, 0.1) is 6.92 Å². The van der Waals surface area contributed by atoms with E-state index in [1.54, 1.807) is 18.3 Å². The molecule has 0 radical (unpaired) electrons. The number of benzene rings is 2. The Morgan fingerprint density at radius 1 is 1.23 bits per heavy atom. The summed E-state index contributed by atoms with van der Waals surface area (Å²) >= 11 is 6.66. The summed E-state index contributed by atoms with van der Waals surface area (Å²) in [6.07, 6.45) is 5.17. The molecule has 1 aliphatic heterocycles. The number of nitrogens with zero attached hydrogens (tertiary/aromatic N) is 2. The molecule has 1 aliphatic rings. The standard InChI is InChI=1S/C25H29ClN2O2/c1-7-10-28-23-13-21(26)19(12-20(23)17(3)14-25(28,4)5)15-27-22-9-8-18(11-16(22)2)24(29)30-6/h8-9,11-15H,7,10H2,1-6H3. The highest BCUT2D eigenvalue weighted by Gasteiger charge is 2.31. The van der Waals surface area contributed by atoms with E-state index in [1.807, 2.05) is 13.0 Å². The van der Waals surface area contributed by atoms with Crippen LogP contribution in [0.3, 0.4) is 0 Å². The van der Waals surface area contributed by atoms with Gasteiger partial charge < -0.3 is 9.64 Å². The highest BCUT2D eigenvalue weighted by atomic mass is 35.5. The zero-order valence-electron chi connectivity index (χ0n) is 18.5. The molecule has 5 heteroatoms. The Morgan fingerprint density at radius 2 is 1.97 bits per heavy atom. The minimum absolute atomic E-state index is 0.0511. The second-order valence-corrected chi connectivity index (χ2v) is 8.68. The van der Waals surface area contributed by atoms with E-state index in [0.717, 1.165) is 29.8 Å². The fraction of sp³-hybridized carbons (Fsp3) is 0.360. The van der Waals surface area contributed by atoms with Gasteiger partial charge in [-0.05, 0) is 75.6 Å². The van der Waals surface area contributed by atoms with Crippen LogP contribution in [0.5, 0.6) is 0 Å². The summed E-state index contributed by atoms with van der Waals surface area (Å²) in [6.45, 7) is 11.7. The summed E-state index contributed by atoms with van der Waals surface area (Å²) in [5.74, 6) is -0.354. The van der Waals surface area contributed by atoms with E-state index in [9.17, 15) is 4.79 Å². The van der Waals surface area contributed by atoms with Gasteiger partial charge in [0, 0.05) is 29.6 Å². The van der Waals surface area contributed by atoms with E-state index in [4.69, 9.17) is 16.3 Å². The minimum atomic E-state index is -0.354. The zero-order chi connectivity index (χ0) is 22.1. The van der Waals surface area contributed by atoms with Crippen LogP contribution in [-0.4, -0.2) is 31.4 Å². The molecule has 0 atom stereocenters. The van der Waals surface area contributed by atoms with Crippen LogP contribution in [0.25, 0.3) is 5.57 Å². The quantitative estimate of drug-likeness (QED) is 0.401. The van der Waals surface area contributed by atoms with E-state index >= 15 is 0 Å². The molecule has 2 aromatic carbocycles. The largest absolute Gasteiger partial charge is 0.465 e. The van der Waals surface area contributed by atoms with Gasteiger partial charge in [-0.25, -0.2) is 4.79 Å². The zero-order valence-corrected chi connectivity index (χ0v) is 19.3. The number of hydrogen-bond donors (Lipinski definition) is 0. The fourth-order valence-electron chi connectivity index (χ4n) is 4.03. The van der Waals surface area contributed by atoms with Gasteiger partial charge in [0.25, 0.3) is 0 Å². The molecule has 0 aliphatic carbocycles. The van der Waals surface area contributed by atoms with E-state index in [2.05, 4.69) is 55.8 Å². The molecular weight excluding hydrogens is 396 g/mol. The molecule has 0 spiro atoms. The SMILES string of the molecule is CCCN1c2cc(Cl)c(C=Nc3ccc(C(=O)OC)cc3C)cc2C(C)=CC1(C)C. The second-order valence-electron chi connectivity index (χ2n) is 8.27. The smallest absolute Gasteiger partial charge is 0.337 e. The maximum atomic E-state index is 11.7.